The van der Waals surface area contributed by atoms with Gasteiger partial charge in [0.25, 0.3) is 0 Å². The molecule has 1 saturated heterocycles. The quantitative estimate of drug-likeness (QED) is 0.321. The standard InChI is InChI=1S/C29H29FN6O3/c1-19(37)25-16-35(26-8-7-22(12-24(25)26)34-23-13-31-18-32-14-23)17-28(38)36-15-21(30)11-27(36)29(39)33-10-9-20-5-3-2-4-6-20/h2-8,12-14,16,18,21,27,34H,9-11,15,17H2,1H3,(H,33,39)/t21-,27+/m1/s1. The maximum absolute atomic E-state index is 14.4. The molecule has 2 amide bonds. The van der Waals surface area contributed by atoms with Crippen molar-refractivity contribution in [3.63, 3.8) is 0 Å². The second-order valence-corrected chi connectivity index (χ2v) is 9.63. The minimum absolute atomic E-state index is 0.0355. The van der Waals surface area contributed by atoms with Gasteiger partial charge in [-0.25, -0.2) is 14.4 Å². The topological polar surface area (TPSA) is 109 Å². The summed E-state index contributed by atoms with van der Waals surface area (Å²) in [5.41, 5.74) is 3.65. The van der Waals surface area contributed by atoms with E-state index in [4.69, 9.17) is 0 Å². The lowest BCUT2D eigenvalue weighted by molar-refractivity contribution is -0.138. The van der Waals surface area contributed by atoms with Crippen LogP contribution in [0.15, 0.2) is 73.4 Å². The lowest BCUT2D eigenvalue weighted by Gasteiger charge is -2.24. The van der Waals surface area contributed by atoms with Crippen molar-refractivity contribution in [2.75, 3.05) is 18.4 Å². The molecule has 2 aromatic carbocycles. The molecule has 2 aromatic heterocycles. The number of rotatable bonds is 9. The number of halogens is 1. The average Bonchev–Trinajstić information content (AvgIpc) is 3.50. The number of likely N-dealkylation sites (tertiary alicyclic amines) is 1. The number of hydrogen-bond acceptors (Lipinski definition) is 6. The molecule has 1 fully saturated rings. The van der Waals surface area contributed by atoms with Crippen LogP contribution in [0.1, 0.15) is 29.3 Å². The van der Waals surface area contributed by atoms with E-state index in [9.17, 15) is 18.8 Å². The van der Waals surface area contributed by atoms with Crippen LogP contribution in [-0.2, 0) is 22.6 Å². The van der Waals surface area contributed by atoms with Crippen LogP contribution < -0.4 is 10.6 Å². The Labute approximate surface area is 225 Å². The maximum Gasteiger partial charge on any atom is 0.243 e. The number of nitrogens with zero attached hydrogens (tertiary/aromatic N) is 4. The van der Waals surface area contributed by atoms with E-state index < -0.39 is 12.2 Å². The van der Waals surface area contributed by atoms with E-state index in [1.165, 1.54) is 18.2 Å². The number of amides is 2. The molecular weight excluding hydrogens is 499 g/mol. The molecule has 0 saturated carbocycles. The van der Waals surface area contributed by atoms with Crippen LogP contribution in [0, 0.1) is 0 Å². The molecule has 39 heavy (non-hydrogen) atoms. The molecule has 200 valence electrons. The highest BCUT2D eigenvalue weighted by atomic mass is 19.1. The number of ketones is 1. The second-order valence-electron chi connectivity index (χ2n) is 9.63. The minimum atomic E-state index is -1.27. The van der Waals surface area contributed by atoms with Gasteiger partial charge in [-0.05, 0) is 37.1 Å². The van der Waals surface area contributed by atoms with Crippen molar-refractivity contribution in [3.8, 4) is 0 Å². The molecule has 0 unspecified atom stereocenters. The van der Waals surface area contributed by atoms with Crippen LogP contribution in [0.2, 0.25) is 0 Å². The van der Waals surface area contributed by atoms with Crippen molar-refractivity contribution in [3.05, 3.63) is 84.6 Å². The lowest BCUT2D eigenvalue weighted by atomic mass is 10.1. The van der Waals surface area contributed by atoms with Crippen molar-refractivity contribution in [2.24, 2.45) is 0 Å². The van der Waals surface area contributed by atoms with Crippen LogP contribution in [0.5, 0.6) is 0 Å². The van der Waals surface area contributed by atoms with Crippen LogP contribution in [0.3, 0.4) is 0 Å². The summed E-state index contributed by atoms with van der Waals surface area (Å²) < 4.78 is 16.1. The van der Waals surface area contributed by atoms with Gasteiger partial charge >= 0.3 is 0 Å². The number of anilines is 2. The summed E-state index contributed by atoms with van der Waals surface area (Å²) in [5.74, 6) is -0.886. The number of hydrogen-bond donors (Lipinski definition) is 2. The highest BCUT2D eigenvalue weighted by molar-refractivity contribution is 6.08. The third kappa shape index (κ3) is 5.95. The number of nitrogens with one attached hydrogen (secondary N) is 2. The summed E-state index contributed by atoms with van der Waals surface area (Å²) >= 11 is 0. The second kappa shape index (κ2) is 11.4. The molecule has 0 radical (unpaired) electrons. The van der Waals surface area contributed by atoms with Crippen molar-refractivity contribution >= 4 is 39.9 Å². The average molecular weight is 529 g/mol. The monoisotopic (exact) mass is 528 g/mol. The predicted molar refractivity (Wildman–Crippen MR) is 145 cm³/mol. The van der Waals surface area contributed by atoms with E-state index in [1.807, 2.05) is 48.5 Å². The van der Waals surface area contributed by atoms with Crippen molar-refractivity contribution in [2.45, 2.75) is 38.5 Å². The first-order valence-electron chi connectivity index (χ1n) is 12.8. The molecule has 2 atom stereocenters. The Bertz CT molecular complexity index is 1490. The van der Waals surface area contributed by atoms with E-state index in [0.717, 1.165) is 11.3 Å². The Balaban J connectivity index is 1.31. The molecule has 0 aliphatic carbocycles. The van der Waals surface area contributed by atoms with Gasteiger partial charge in [0.1, 0.15) is 25.1 Å². The number of aromatic nitrogens is 3. The lowest BCUT2D eigenvalue weighted by Crippen LogP contribution is -2.47. The number of fused-ring (bicyclic) bond motifs is 1. The highest BCUT2D eigenvalue weighted by Crippen LogP contribution is 2.28. The molecule has 9 nitrogen and oxygen atoms in total. The number of carbonyl (C=O) groups excluding carboxylic acids is 3. The Morgan fingerprint density at radius 3 is 2.56 bits per heavy atom. The number of carbonyl (C=O) groups is 3. The molecule has 5 rings (SSSR count). The van der Waals surface area contributed by atoms with Gasteiger partial charge in [0.05, 0.1) is 24.6 Å². The molecule has 1 aliphatic heterocycles. The molecular formula is C29H29FN6O3. The van der Waals surface area contributed by atoms with Crippen molar-refractivity contribution in [1.82, 2.24) is 24.8 Å². The van der Waals surface area contributed by atoms with Gasteiger partial charge in [-0.3, -0.25) is 14.4 Å². The van der Waals surface area contributed by atoms with Gasteiger partial charge in [-0.15, -0.1) is 0 Å². The third-order valence-electron chi connectivity index (χ3n) is 6.84. The Morgan fingerprint density at radius 1 is 1.05 bits per heavy atom. The summed E-state index contributed by atoms with van der Waals surface area (Å²) in [4.78, 5) is 48.0. The maximum atomic E-state index is 14.4. The van der Waals surface area contributed by atoms with E-state index in [-0.39, 0.29) is 37.1 Å². The molecule has 0 spiro atoms. The van der Waals surface area contributed by atoms with E-state index in [0.29, 0.717) is 35.1 Å². The van der Waals surface area contributed by atoms with Gasteiger partial charge in [0, 0.05) is 41.3 Å². The predicted octanol–water partition coefficient (Wildman–Crippen LogP) is 3.68. The number of alkyl halides is 1. The Hall–Kier alpha value is -4.60. The largest absolute Gasteiger partial charge is 0.354 e. The van der Waals surface area contributed by atoms with Crippen LogP contribution >= 0.6 is 0 Å². The summed E-state index contributed by atoms with van der Waals surface area (Å²) in [6.45, 7) is 1.61. The zero-order valence-electron chi connectivity index (χ0n) is 21.5. The van der Waals surface area contributed by atoms with Gasteiger partial charge in [0.15, 0.2) is 5.78 Å². The molecule has 4 aromatic rings. The fraction of sp³-hybridized carbons (Fsp3) is 0.276. The molecule has 1 aliphatic rings. The zero-order valence-corrected chi connectivity index (χ0v) is 21.5. The smallest absolute Gasteiger partial charge is 0.243 e. The van der Waals surface area contributed by atoms with Crippen molar-refractivity contribution in [1.29, 1.82) is 0 Å². The minimum Gasteiger partial charge on any atom is -0.354 e. The van der Waals surface area contributed by atoms with Crippen LogP contribution in [-0.4, -0.2) is 62.3 Å². The first-order valence-corrected chi connectivity index (χ1v) is 12.8. The first-order chi connectivity index (χ1) is 18.9. The van der Waals surface area contributed by atoms with Gasteiger partial charge in [-0.2, -0.15) is 0 Å². The van der Waals surface area contributed by atoms with Crippen molar-refractivity contribution < 1.29 is 18.8 Å². The fourth-order valence-electron chi connectivity index (χ4n) is 4.95. The SMILES string of the molecule is CC(=O)c1cn(CC(=O)N2C[C@H](F)C[C@H]2C(=O)NCCc2ccccc2)c2ccc(Nc3cncnc3)cc12. The van der Waals surface area contributed by atoms with E-state index >= 15 is 0 Å². The molecule has 10 heteroatoms. The first kappa shape index (κ1) is 26.0. The van der Waals surface area contributed by atoms with E-state index in [2.05, 4.69) is 20.6 Å². The van der Waals surface area contributed by atoms with Gasteiger partial charge < -0.3 is 20.1 Å². The summed E-state index contributed by atoms with van der Waals surface area (Å²) in [5, 5.41) is 6.73. The summed E-state index contributed by atoms with van der Waals surface area (Å²) in [6.07, 6.45) is 5.67. The van der Waals surface area contributed by atoms with E-state index in [1.54, 1.807) is 23.2 Å². The molecule has 3 heterocycles. The molecule has 0 bridgehead atoms. The number of benzene rings is 2. The normalized spacial score (nSPS) is 16.8. The van der Waals surface area contributed by atoms with Gasteiger partial charge in [0.2, 0.25) is 11.8 Å². The number of Topliss-reactive ketones (excluding diaryl/α,β-unsaturated/α-hetero) is 1. The van der Waals surface area contributed by atoms with Crippen LogP contribution in [0.4, 0.5) is 15.8 Å². The summed E-state index contributed by atoms with van der Waals surface area (Å²) in [6, 6.07) is 14.3. The Morgan fingerprint density at radius 2 is 1.82 bits per heavy atom. The van der Waals surface area contributed by atoms with Gasteiger partial charge in [-0.1, -0.05) is 30.3 Å². The summed E-state index contributed by atoms with van der Waals surface area (Å²) in [7, 11) is 0. The highest BCUT2D eigenvalue weighted by Gasteiger charge is 2.39. The molecule has 2 N–H and O–H groups in total. The third-order valence-corrected chi connectivity index (χ3v) is 6.84. The zero-order chi connectivity index (χ0) is 27.4. The van der Waals surface area contributed by atoms with Crippen LogP contribution in [0.25, 0.3) is 10.9 Å². The Kier molecular flexibility index (Phi) is 7.62. The fourth-order valence-corrected chi connectivity index (χ4v) is 4.95.